The maximum atomic E-state index is 11.8. The van der Waals surface area contributed by atoms with Crippen molar-refractivity contribution in [3.05, 3.63) is 0 Å². The second kappa shape index (κ2) is 9.26. The van der Waals surface area contributed by atoms with Gasteiger partial charge in [-0.1, -0.05) is 27.2 Å². The Labute approximate surface area is 129 Å². The molecule has 5 nitrogen and oxygen atoms in total. The highest BCUT2D eigenvalue weighted by Gasteiger charge is 2.22. The summed E-state index contributed by atoms with van der Waals surface area (Å²) in [6, 6.07) is -0.180. The number of carbonyl (C=O) groups is 1. The van der Waals surface area contributed by atoms with Gasteiger partial charge in [-0.25, -0.2) is 4.79 Å². The molecule has 0 aromatic carbocycles. The summed E-state index contributed by atoms with van der Waals surface area (Å²) in [5.41, 5.74) is -0.781. The van der Waals surface area contributed by atoms with E-state index in [1.54, 1.807) is 0 Å². The second-order valence-electron chi connectivity index (χ2n) is 6.46. The SMILES string of the molecule is CCC(O)(CC)CNC(=O)NCC(C)CN1CCCCC1. The van der Waals surface area contributed by atoms with Crippen LogP contribution in [0.3, 0.4) is 0 Å². The van der Waals surface area contributed by atoms with E-state index in [9.17, 15) is 9.90 Å². The largest absolute Gasteiger partial charge is 0.388 e. The number of piperidine rings is 1. The third-order valence-corrected chi connectivity index (χ3v) is 4.52. The average Bonchev–Trinajstić information content (AvgIpc) is 2.51. The third kappa shape index (κ3) is 7.14. The lowest BCUT2D eigenvalue weighted by molar-refractivity contribution is 0.0349. The molecule has 0 aliphatic carbocycles. The number of hydrogen-bond donors (Lipinski definition) is 3. The Bertz CT molecular complexity index is 300. The molecule has 3 N–H and O–H groups in total. The van der Waals surface area contributed by atoms with Crippen LogP contribution in [0.5, 0.6) is 0 Å². The van der Waals surface area contributed by atoms with E-state index in [1.807, 2.05) is 13.8 Å². The third-order valence-electron chi connectivity index (χ3n) is 4.52. The van der Waals surface area contributed by atoms with E-state index in [0.717, 1.165) is 6.54 Å². The molecular weight excluding hydrogens is 266 g/mol. The lowest BCUT2D eigenvalue weighted by atomic mass is 9.98. The van der Waals surface area contributed by atoms with Crippen LogP contribution in [0.1, 0.15) is 52.9 Å². The maximum absolute atomic E-state index is 11.8. The second-order valence-corrected chi connectivity index (χ2v) is 6.46. The first kappa shape index (κ1) is 18.2. The Balaban J connectivity index is 2.16. The summed E-state index contributed by atoms with van der Waals surface area (Å²) in [5.74, 6) is 0.449. The van der Waals surface area contributed by atoms with Crippen LogP contribution >= 0.6 is 0 Å². The number of nitrogens with one attached hydrogen (secondary N) is 2. The van der Waals surface area contributed by atoms with Gasteiger partial charge in [-0.05, 0) is 44.7 Å². The van der Waals surface area contributed by atoms with Gasteiger partial charge in [0, 0.05) is 19.6 Å². The first-order valence-electron chi connectivity index (χ1n) is 8.45. The highest BCUT2D eigenvalue weighted by atomic mass is 16.3. The first-order chi connectivity index (χ1) is 9.99. The monoisotopic (exact) mass is 299 g/mol. The molecule has 0 saturated carbocycles. The van der Waals surface area contributed by atoms with Crippen molar-refractivity contribution in [2.24, 2.45) is 5.92 Å². The van der Waals surface area contributed by atoms with Gasteiger partial charge in [0.05, 0.1) is 5.60 Å². The zero-order chi connectivity index (χ0) is 15.7. The molecule has 2 amide bonds. The van der Waals surface area contributed by atoms with Gasteiger partial charge >= 0.3 is 6.03 Å². The predicted molar refractivity (Wildman–Crippen MR) is 86.4 cm³/mol. The van der Waals surface area contributed by atoms with Crippen molar-refractivity contribution in [2.45, 2.75) is 58.5 Å². The maximum Gasteiger partial charge on any atom is 0.314 e. The van der Waals surface area contributed by atoms with Gasteiger partial charge in [0.15, 0.2) is 0 Å². The first-order valence-corrected chi connectivity index (χ1v) is 8.45. The molecule has 1 rings (SSSR count). The fraction of sp³-hybridized carbons (Fsp3) is 0.938. The summed E-state index contributed by atoms with van der Waals surface area (Å²) in [4.78, 5) is 14.3. The summed E-state index contributed by atoms with van der Waals surface area (Å²) in [6.07, 6.45) is 5.24. The highest BCUT2D eigenvalue weighted by Crippen LogP contribution is 2.13. The Morgan fingerprint density at radius 1 is 1.19 bits per heavy atom. The lowest BCUT2D eigenvalue weighted by Gasteiger charge is -2.29. The number of likely N-dealkylation sites (tertiary alicyclic amines) is 1. The van der Waals surface area contributed by atoms with Crippen LogP contribution in [0.25, 0.3) is 0 Å². The van der Waals surface area contributed by atoms with Crippen molar-refractivity contribution >= 4 is 6.03 Å². The van der Waals surface area contributed by atoms with Crippen molar-refractivity contribution in [1.82, 2.24) is 15.5 Å². The smallest absolute Gasteiger partial charge is 0.314 e. The van der Waals surface area contributed by atoms with E-state index in [-0.39, 0.29) is 6.03 Å². The van der Waals surface area contributed by atoms with Crippen LogP contribution in [-0.2, 0) is 0 Å². The number of hydrogen-bond acceptors (Lipinski definition) is 3. The van der Waals surface area contributed by atoms with Gasteiger partial charge in [0.25, 0.3) is 0 Å². The summed E-state index contributed by atoms with van der Waals surface area (Å²) in [6.45, 7) is 10.5. The minimum Gasteiger partial charge on any atom is -0.388 e. The molecule has 0 radical (unpaired) electrons. The number of nitrogens with zero attached hydrogens (tertiary/aromatic N) is 1. The molecule has 1 heterocycles. The zero-order valence-electron chi connectivity index (χ0n) is 14.0. The molecule has 1 aliphatic heterocycles. The summed E-state index contributed by atoms with van der Waals surface area (Å²) < 4.78 is 0. The quantitative estimate of drug-likeness (QED) is 0.642. The fourth-order valence-electron chi connectivity index (χ4n) is 2.72. The fourth-order valence-corrected chi connectivity index (χ4v) is 2.72. The van der Waals surface area contributed by atoms with Crippen LogP contribution in [0.15, 0.2) is 0 Å². The molecule has 0 spiro atoms. The van der Waals surface area contributed by atoms with E-state index in [4.69, 9.17) is 0 Å². The molecule has 1 saturated heterocycles. The van der Waals surface area contributed by atoms with Crippen LogP contribution in [0.4, 0.5) is 4.79 Å². The number of carbonyl (C=O) groups excluding carboxylic acids is 1. The minimum atomic E-state index is -0.781. The number of amides is 2. The van der Waals surface area contributed by atoms with Crippen molar-refractivity contribution in [3.63, 3.8) is 0 Å². The Morgan fingerprint density at radius 3 is 2.38 bits per heavy atom. The molecule has 21 heavy (non-hydrogen) atoms. The molecule has 124 valence electrons. The molecular formula is C16H33N3O2. The van der Waals surface area contributed by atoms with E-state index < -0.39 is 5.60 Å². The van der Waals surface area contributed by atoms with E-state index in [2.05, 4.69) is 22.5 Å². The van der Waals surface area contributed by atoms with Gasteiger partial charge in [-0.2, -0.15) is 0 Å². The van der Waals surface area contributed by atoms with Gasteiger partial charge in [0.1, 0.15) is 0 Å². The van der Waals surface area contributed by atoms with Crippen LogP contribution < -0.4 is 10.6 Å². The summed E-state index contributed by atoms with van der Waals surface area (Å²) in [7, 11) is 0. The van der Waals surface area contributed by atoms with Crippen LogP contribution in [0.2, 0.25) is 0 Å². The molecule has 1 aliphatic rings. The number of urea groups is 1. The summed E-state index contributed by atoms with van der Waals surface area (Å²) >= 11 is 0. The predicted octanol–water partition coefficient (Wildman–Crippen LogP) is 1.96. The Kier molecular flexibility index (Phi) is 8.04. The molecule has 0 bridgehead atoms. The normalized spacial score (nSPS) is 18.3. The van der Waals surface area contributed by atoms with Gasteiger partial charge in [0.2, 0.25) is 0 Å². The minimum absolute atomic E-state index is 0.180. The lowest BCUT2D eigenvalue weighted by Crippen LogP contribution is -2.47. The van der Waals surface area contributed by atoms with Gasteiger partial charge in [-0.15, -0.1) is 0 Å². The van der Waals surface area contributed by atoms with Crippen LogP contribution in [0, 0.1) is 5.92 Å². The molecule has 1 unspecified atom stereocenters. The number of rotatable bonds is 8. The van der Waals surface area contributed by atoms with Crippen molar-refractivity contribution < 1.29 is 9.90 Å². The highest BCUT2D eigenvalue weighted by molar-refractivity contribution is 5.73. The average molecular weight is 299 g/mol. The molecule has 5 heteroatoms. The van der Waals surface area contributed by atoms with E-state index in [0.29, 0.717) is 31.8 Å². The standard InChI is InChI=1S/C16H33N3O2/c1-4-16(21,5-2)13-18-15(20)17-11-14(3)12-19-9-7-6-8-10-19/h14,21H,4-13H2,1-3H3,(H2,17,18,20). The van der Waals surface area contributed by atoms with E-state index >= 15 is 0 Å². The number of aliphatic hydroxyl groups is 1. The van der Waals surface area contributed by atoms with Crippen molar-refractivity contribution in [1.29, 1.82) is 0 Å². The van der Waals surface area contributed by atoms with Crippen molar-refractivity contribution in [3.8, 4) is 0 Å². The Morgan fingerprint density at radius 2 is 1.81 bits per heavy atom. The zero-order valence-corrected chi connectivity index (χ0v) is 14.0. The molecule has 0 aromatic rings. The van der Waals surface area contributed by atoms with Gasteiger partial charge < -0.3 is 20.6 Å². The molecule has 1 atom stereocenters. The van der Waals surface area contributed by atoms with E-state index in [1.165, 1.54) is 32.4 Å². The van der Waals surface area contributed by atoms with Crippen LogP contribution in [-0.4, -0.2) is 54.4 Å². The van der Waals surface area contributed by atoms with Crippen molar-refractivity contribution in [2.75, 3.05) is 32.7 Å². The Hall–Kier alpha value is -0.810. The summed E-state index contributed by atoms with van der Waals surface area (Å²) in [5, 5.41) is 15.8. The van der Waals surface area contributed by atoms with Gasteiger partial charge in [-0.3, -0.25) is 0 Å². The topological polar surface area (TPSA) is 64.6 Å². The molecule has 1 fully saturated rings. The molecule has 0 aromatic heterocycles.